The Bertz CT molecular complexity index is 1320. The second-order valence-corrected chi connectivity index (χ2v) is 7.57. The fraction of sp³-hybridized carbons (Fsp3) is 0.130. The Labute approximate surface area is 184 Å². The van der Waals surface area contributed by atoms with Crippen molar-refractivity contribution in [2.75, 3.05) is 16.8 Å². The summed E-state index contributed by atoms with van der Waals surface area (Å²) in [7, 11) is 0. The third-order valence-corrected chi connectivity index (χ3v) is 5.59. The number of hydrogen-bond acceptors (Lipinski definition) is 4. The second kappa shape index (κ2) is 7.04. The van der Waals surface area contributed by atoms with Crippen LogP contribution in [-0.2, 0) is 16.7 Å². The number of fused-ring (bicyclic) bond motifs is 2. The maximum absolute atomic E-state index is 13.9. The number of nitrogens with one attached hydrogen (secondary N) is 1. The van der Waals surface area contributed by atoms with Crippen LogP contribution in [0.1, 0.15) is 27.0 Å². The predicted molar refractivity (Wildman–Crippen MR) is 108 cm³/mol. The van der Waals surface area contributed by atoms with Gasteiger partial charge in [-0.25, -0.2) is 4.39 Å². The molecule has 2 amide bonds. The zero-order chi connectivity index (χ0) is 23.5. The van der Waals surface area contributed by atoms with Gasteiger partial charge in [0, 0.05) is 22.4 Å². The molecule has 0 bridgehead atoms. The first-order chi connectivity index (χ1) is 15.6. The zero-order valence-corrected chi connectivity index (χ0v) is 16.6. The van der Waals surface area contributed by atoms with Gasteiger partial charge in [0.15, 0.2) is 12.3 Å². The summed E-state index contributed by atoms with van der Waals surface area (Å²) in [4.78, 5) is 25.8. The van der Waals surface area contributed by atoms with E-state index in [4.69, 9.17) is 4.74 Å². The van der Waals surface area contributed by atoms with Crippen LogP contribution in [0, 0.1) is 5.82 Å². The molecule has 2 heterocycles. The minimum absolute atomic E-state index is 0.0656. The van der Waals surface area contributed by atoms with E-state index >= 15 is 0 Å². The van der Waals surface area contributed by atoms with E-state index in [1.54, 1.807) is 12.1 Å². The second-order valence-electron chi connectivity index (χ2n) is 7.57. The quantitative estimate of drug-likeness (QED) is 0.569. The monoisotopic (exact) mass is 458 g/mol. The Balaban J connectivity index is 1.73. The summed E-state index contributed by atoms with van der Waals surface area (Å²) in [5, 5.41) is 14.5. The largest absolute Gasteiger partial charge is 0.482 e. The first kappa shape index (κ1) is 21.0. The van der Waals surface area contributed by atoms with Gasteiger partial charge in [-0.15, -0.1) is 0 Å². The number of rotatable bonds is 2. The number of ether oxygens (including phenoxy) is 1. The highest BCUT2D eigenvalue weighted by Gasteiger charge is 2.51. The highest BCUT2D eigenvalue weighted by atomic mass is 19.4. The molecule has 0 saturated heterocycles. The molecule has 2 aliphatic heterocycles. The van der Waals surface area contributed by atoms with Crippen molar-refractivity contribution in [3.63, 3.8) is 0 Å². The number of carbonyl (C=O) groups excluding carboxylic acids is 2. The first-order valence-corrected chi connectivity index (χ1v) is 9.71. The Kier molecular flexibility index (Phi) is 4.47. The van der Waals surface area contributed by atoms with E-state index in [1.807, 2.05) is 0 Å². The number of anilines is 2. The van der Waals surface area contributed by atoms with E-state index in [0.29, 0.717) is 17.9 Å². The number of halogens is 4. The molecule has 10 heteroatoms. The van der Waals surface area contributed by atoms with Crippen molar-refractivity contribution in [3.05, 3.63) is 88.7 Å². The molecule has 0 aromatic heterocycles. The molecule has 1 atom stereocenters. The predicted octanol–water partition coefficient (Wildman–Crippen LogP) is 4.03. The van der Waals surface area contributed by atoms with Crippen LogP contribution in [0.5, 0.6) is 5.75 Å². The molecule has 2 aliphatic rings. The van der Waals surface area contributed by atoms with Crippen LogP contribution in [0.2, 0.25) is 0 Å². The van der Waals surface area contributed by atoms with Crippen LogP contribution < -0.4 is 15.0 Å². The van der Waals surface area contributed by atoms with Crippen molar-refractivity contribution in [1.82, 2.24) is 0 Å². The van der Waals surface area contributed by atoms with Crippen molar-refractivity contribution in [3.8, 4) is 5.75 Å². The average molecular weight is 458 g/mol. The number of benzene rings is 3. The maximum atomic E-state index is 13.9. The maximum Gasteiger partial charge on any atom is 0.419 e. The van der Waals surface area contributed by atoms with Crippen LogP contribution in [0.4, 0.5) is 28.9 Å². The van der Waals surface area contributed by atoms with Gasteiger partial charge >= 0.3 is 6.18 Å². The summed E-state index contributed by atoms with van der Waals surface area (Å²) >= 11 is 0. The van der Waals surface area contributed by atoms with Crippen molar-refractivity contribution < 1.29 is 37.0 Å². The molecule has 0 aliphatic carbocycles. The van der Waals surface area contributed by atoms with E-state index in [-0.39, 0.29) is 34.7 Å². The van der Waals surface area contributed by atoms with Gasteiger partial charge in [-0.2, -0.15) is 13.2 Å². The number of carbonyl (C=O) groups is 2. The minimum atomic E-state index is -5.01. The Morgan fingerprint density at radius 2 is 1.79 bits per heavy atom. The summed E-state index contributed by atoms with van der Waals surface area (Å²) in [6.07, 6.45) is -5.01. The summed E-state index contributed by atoms with van der Waals surface area (Å²) in [5.74, 6) is -2.38. The molecular weight excluding hydrogens is 444 g/mol. The van der Waals surface area contributed by atoms with Crippen molar-refractivity contribution in [2.24, 2.45) is 0 Å². The molecule has 2 N–H and O–H groups in total. The van der Waals surface area contributed by atoms with Gasteiger partial charge in [0.2, 0.25) is 0 Å². The first-order valence-electron chi connectivity index (χ1n) is 9.71. The van der Waals surface area contributed by atoms with Crippen LogP contribution in [0.15, 0.2) is 60.7 Å². The lowest BCUT2D eigenvalue weighted by Gasteiger charge is -2.35. The number of alkyl halides is 3. The third-order valence-electron chi connectivity index (χ3n) is 5.59. The molecule has 33 heavy (non-hydrogen) atoms. The Morgan fingerprint density at radius 3 is 2.55 bits per heavy atom. The number of amides is 2. The van der Waals surface area contributed by atoms with Gasteiger partial charge in [0.25, 0.3) is 11.8 Å². The standard InChI is InChI=1S/C23H14F4N2O4/c24-17-7-6-13(10-16(17)23(25,26)27)29-21(31)14-3-1-2-4-15(14)22(29,32)12-5-8-19-18(9-12)28-20(30)11-33-19/h1-10,32H,11H2,(H,28,30). The smallest absolute Gasteiger partial charge is 0.419 e. The van der Waals surface area contributed by atoms with E-state index in [9.17, 15) is 32.3 Å². The molecule has 3 aromatic rings. The van der Waals surface area contributed by atoms with E-state index in [2.05, 4.69) is 5.32 Å². The Morgan fingerprint density at radius 1 is 1.03 bits per heavy atom. The fourth-order valence-electron chi connectivity index (χ4n) is 4.12. The van der Waals surface area contributed by atoms with E-state index in [1.165, 1.54) is 30.3 Å². The minimum Gasteiger partial charge on any atom is -0.482 e. The normalized spacial score (nSPS) is 19.6. The van der Waals surface area contributed by atoms with Crippen molar-refractivity contribution >= 4 is 23.2 Å². The van der Waals surface area contributed by atoms with Gasteiger partial charge in [0.1, 0.15) is 11.6 Å². The van der Waals surface area contributed by atoms with E-state index < -0.39 is 35.1 Å². The highest BCUT2D eigenvalue weighted by Crippen LogP contribution is 2.47. The van der Waals surface area contributed by atoms with Gasteiger partial charge in [0.05, 0.1) is 11.3 Å². The number of hydrogen-bond donors (Lipinski definition) is 2. The molecule has 0 spiro atoms. The highest BCUT2D eigenvalue weighted by molar-refractivity contribution is 6.12. The molecule has 6 nitrogen and oxygen atoms in total. The van der Waals surface area contributed by atoms with Gasteiger partial charge in [-0.3, -0.25) is 14.5 Å². The van der Waals surface area contributed by atoms with Crippen molar-refractivity contribution in [1.29, 1.82) is 0 Å². The zero-order valence-electron chi connectivity index (χ0n) is 16.6. The third kappa shape index (κ3) is 3.13. The lowest BCUT2D eigenvalue weighted by molar-refractivity contribution is -0.140. The fourth-order valence-corrected chi connectivity index (χ4v) is 4.12. The number of nitrogens with zero attached hydrogens (tertiary/aromatic N) is 1. The summed E-state index contributed by atoms with van der Waals surface area (Å²) in [5.41, 5.74) is -3.67. The van der Waals surface area contributed by atoms with Crippen LogP contribution >= 0.6 is 0 Å². The lowest BCUT2D eigenvalue weighted by atomic mass is 9.92. The molecule has 1 unspecified atom stereocenters. The Hall–Kier alpha value is -3.92. The topological polar surface area (TPSA) is 78.9 Å². The molecule has 168 valence electrons. The van der Waals surface area contributed by atoms with E-state index in [0.717, 1.165) is 11.0 Å². The summed E-state index contributed by atoms with van der Waals surface area (Å²) in [6.45, 7) is -0.195. The molecule has 3 aromatic carbocycles. The van der Waals surface area contributed by atoms with Gasteiger partial charge in [-0.05, 0) is 42.5 Å². The summed E-state index contributed by atoms with van der Waals surface area (Å²) in [6, 6.07) is 12.4. The van der Waals surface area contributed by atoms with Crippen LogP contribution in [0.25, 0.3) is 0 Å². The SMILES string of the molecule is O=C1COc2ccc(C3(O)c4ccccc4C(=O)N3c3ccc(F)c(C(F)(F)F)c3)cc2N1. The summed E-state index contributed by atoms with van der Waals surface area (Å²) < 4.78 is 59.3. The molecule has 0 fully saturated rings. The van der Waals surface area contributed by atoms with Gasteiger partial charge < -0.3 is 15.2 Å². The number of aliphatic hydroxyl groups is 1. The van der Waals surface area contributed by atoms with Crippen LogP contribution in [0.3, 0.4) is 0 Å². The molecule has 5 rings (SSSR count). The van der Waals surface area contributed by atoms with Gasteiger partial charge in [-0.1, -0.05) is 18.2 Å². The van der Waals surface area contributed by atoms with Crippen molar-refractivity contribution in [2.45, 2.75) is 11.9 Å². The molecule has 0 radical (unpaired) electrons. The molecular formula is C23H14F4N2O4. The van der Waals surface area contributed by atoms with Crippen LogP contribution in [-0.4, -0.2) is 23.5 Å². The lowest BCUT2D eigenvalue weighted by Crippen LogP contribution is -2.45. The molecule has 0 saturated carbocycles. The average Bonchev–Trinajstić information content (AvgIpc) is 3.01.